The van der Waals surface area contributed by atoms with E-state index in [2.05, 4.69) is 86.6 Å². The second-order valence-corrected chi connectivity index (χ2v) is 5.32. The maximum atomic E-state index is 2.20. The van der Waals surface area contributed by atoms with Crippen molar-refractivity contribution in [2.75, 3.05) is 0 Å². The Kier molecular flexibility index (Phi) is 9.01. The van der Waals surface area contributed by atoms with Crippen molar-refractivity contribution in [3.63, 3.8) is 0 Å². The van der Waals surface area contributed by atoms with Crippen LogP contribution in [-0.2, 0) is 25.8 Å². The van der Waals surface area contributed by atoms with E-state index in [1.807, 2.05) is 0 Å². The topological polar surface area (TPSA) is 0 Å². The van der Waals surface area contributed by atoms with Crippen LogP contribution >= 0.6 is 0 Å². The number of hydrogen-bond acceptors (Lipinski definition) is 0. The Morgan fingerprint density at radius 1 is 0.609 bits per heavy atom. The summed E-state index contributed by atoms with van der Waals surface area (Å²) in [6.07, 6.45) is 0. The molecule has 0 unspecified atom stereocenters. The maximum absolute atomic E-state index is 2.20. The van der Waals surface area contributed by atoms with Crippen molar-refractivity contribution >= 4 is 21.5 Å². The molecule has 0 saturated heterocycles. The Morgan fingerprint density at radius 3 is 1.30 bits per heavy atom. The van der Waals surface area contributed by atoms with E-state index < -0.39 is 0 Å². The van der Waals surface area contributed by atoms with Crippen molar-refractivity contribution in [3.8, 4) is 0 Å². The van der Waals surface area contributed by atoms with Crippen LogP contribution in [0.5, 0.6) is 0 Å². The first-order valence-corrected chi connectivity index (χ1v) is 6.96. The van der Waals surface area contributed by atoms with Gasteiger partial charge in [-0.15, -0.1) is 81.2 Å². The predicted octanol–water partition coefficient (Wildman–Crippen LogP) is 6.63. The monoisotopic (exact) mass is 468 g/mol. The molecule has 1 heteroatoms. The van der Waals surface area contributed by atoms with Gasteiger partial charge in [-0.25, -0.2) is 0 Å². The molecule has 0 aliphatic heterocycles. The van der Waals surface area contributed by atoms with Gasteiger partial charge >= 0.3 is 25.8 Å². The van der Waals surface area contributed by atoms with E-state index in [-0.39, 0.29) is 40.7 Å². The molecule has 0 aliphatic rings. The van der Waals surface area contributed by atoms with Gasteiger partial charge in [0.05, 0.1) is 0 Å². The van der Waals surface area contributed by atoms with Crippen molar-refractivity contribution in [1.82, 2.24) is 0 Å². The van der Waals surface area contributed by atoms with E-state index in [4.69, 9.17) is 0 Å². The largest absolute Gasteiger partial charge is 4.00 e. The Labute approximate surface area is 159 Å². The first-order chi connectivity index (χ1) is 9.72. The van der Waals surface area contributed by atoms with Gasteiger partial charge in [-0.05, 0) is 0 Å². The van der Waals surface area contributed by atoms with Gasteiger partial charge in [0.15, 0.2) is 0 Å². The van der Waals surface area contributed by atoms with Crippen LogP contribution in [0.2, 0.25) is 0 Å². The molecule has 0 spiro atoms. The minimum atomic E-state index is 0. The average molecular weight is 467 g/mol. The van der Waals surface area contributed by atoms with Crippen LogP contribution in [0.25, 0.3) is 21.5 Å². The average Bonchev–Trinajstić information content (AvgIpc) is 2.99. The summed E-state index contributed by atoms with van der Waals surface area (Å²) in [5.74, 6) is 0. The van der Waals surface area contributed by atoms with Gasteiger partial charge in [0, 0.05) is 0 Å². The summed E-state index contributed by atoms with van der Waals surface area (Å²) in [7, 11) is 0. The smallest absolute Gasteiger partial charge is 0.358 e. The number of hydrogen-bond donors (Lipinski definition) is 0. The Balaban J connectivity index is 0.000000372. The number of aryl methyl sites for hydroxylation is 2. The van der Waals surface area contributed by atoms with Gasteiger partial charge in [0.25, 0.3) is 0 Å². The van der Waals surface area contributed by atoms with Crippen molar-refractivity contribution in [1.29, 1.82) is 0 Å². The quantitative estimate of drug-likeness (QED) is 0.201. The van der Waals surface area contributed by atoms with E-state index in [9.17, 15) is 0 Å². The van der Waals surface area contributed by atoms with Crippen molar-refractivity contribution < 1.29 is 25.8 Å². The molecule has 4 aromatic carbocycles. The normalized spacial score (nSPS) is 9.13. The van der Waals surface area contributed by atoms with E-state index in [1.165, 1.54) is 32.7 Å². The van der Waals surface area contributed by atoms with Crippen LogP contribution in [0.3, 0.4) is 0 Å². The molecule has 0 radical (unpaired) electrons. The maximum Gasteiger partial charge on any atom is 4.00 e. The van der Waals surface area contributed by atoms with E-state index in [0.29, 0.717) is 0 Å². The SMILES string of the molecule is Cc1cc2ccccc2[cH-]1.Cc1cc2ccccc2[cH-]1.[CH3-].[CH3-].[Hf+4]. The van der Waals surface area contributed by atoms with Crippen LogP contribution in [0.15, 0.2) is 72.8 Å². The molecule has 0 bridgehead atoms. The van der Waals surface area contributed by atoms with Crippen LogP contribution in [0.1, 0.15) is 11.1 Å². The third-order valence-electron chi connectivity index (χ3n) is 3.52. The molecular formula is C22H24Hf. The molecule has 0 aromatic heterocycles. The van der Waals surface area contributed by atoms with Crippen molar-refractivity contribution in [2.24, 2.45) is 0 Å². The van der Waals surface area contributed by atoms with Crippen LogP contribution in [0.4, 0.5) is 0 Å². The Morgan fingerprint density at radius 2 is 0.957 bits per heavy atom. The molecule has 0 nitrogen and oxygen atoms in total. The van der Waals surface area contributed by atoms with Gasteiger partial charge < -0.3 is 14.9 Å². The summed E-state index contributed by atoms with van der Waals surface area (Å²) in [5.41, 5.74) is 2.70. The zero-order valence-electron chi connectivity index (χ0n) is 14.4. The second kappa shape index (κ2) is 9.62. The molecule has 0 atom stereocenters. The van der Waals surface area contributed by atoms with Crippen LogP contribution in [-0.4, -0.2) is 0 Å². The van der Waals surface area contributed by atoms with Gasteiger partial charge in [-0.1, -0.05) is 26.0 Å². The molecule has 4 aromatic rings. The summed E-state index contributed by atoms with van der Waals surface area (Å²) in [6.45, 7) is 4.25. The fraction of sp³-hybridized carbons (Fsp3) is 0.0909. The molecule has 0 amide bonds. The molecule has 0 saturated carbocycles. The van der Waals surface area contributed by atoms with E-state index >= 15 is 0 Å². The number of fused-ring (bicyclic) bond motifs is 2. The molecule has 0 fully saturated rings. The fourth-order valence-electron chi connectivity index (χ4n) is 2.61. The van der Waals surface area contributed by atoms with Crippen LogP contribution < -0.4 is 0 Å². The predicted molar refractivity (Wildman–Crippen MR) is 101 cm³/mol. The fourth-order valence-corrected chi connectivity index (χ4v) is 2.61. The zero-order chi connectivity index (χ0) is 13.9. The Hall–Kier alpha value is -1.47. The minimum absolute atomic E-state index is 0. The third-order valence-corrected chi connectivity index (χ3v) is 3.52. The van der Waals surface area contributed by atoms with Gasteiger partial charge in [-0.3, -0.25) is 0 Å². The molecule has 0 N–H and O–H groups in total. The summed E-state index contributed by atoms with van der Waals surface area (Å²) in [5, 5.41) is 5.39. The van der Waals surface area contributed by atoms with Gasteiger partial charge in [0.2, 0.25) is 0 Å². The Bertz CT molecular complexity index is 695. The second-order valence-electron chi connectivity index (χ2n) is 5.32. The van der Waals surface area contributed by atoms with Crippen molar-refractivity contribution in [2.45, 2.75) is 13.8 Å². The van der Waals surface area contributed by atoms with Crippen LogP contribution in [0, 0.1) is 28.7 Å². The molecule has 4 rings (SSSR count). The molecule has 0 aliphatic carbocycles. The summed E-state index contributed by atoms with van der Waals surface area (Å²) >= 11 is 0. The first kappa shape index (κ1) is 21.5. The van der Waals surface area contributed by atoms with E-state index in [0.717, 1.165) is 0 Å². The summed E-state index contributed by atoms with van der Waals surface area (Å²) in [4.78, 5) is 0. The van der Waals surface area contributed by atoms with Gasteiger partial charge in [-0.2, -0.15) is 12.1 Å². The van der Waals surface area contributed by atoms with Gasteiger partial charge in [0.1, 0.15) is 0 Å². The number of benzene rings is 2. The molecular weight excluding hydrogens is 443 g/mol. The third kappa shape index (κ3) is 5.28. The first-order valence-electron chi connectivity index (χ1n) is 6.96. The van der Waals surface area contributed by atoms with E-state index in [1.54, 1.807) is 0 Å². The molecule has 0 heterocycles. The summed E-state index contributed by atoms with van der Waals surface area (Å²) < 4.78 is 0. The molecule has 23 heavy (non-hydrogen) atoms. The number of rotatable bonds is 0. The minimum Gasteiger partial charge on any atom is -0.358 e. The zero-order valence-corrected chi connectivity index (χ0v) is 18.0. The standard InChI is InChI=1S/2C10H9.2CH3.Hf/c2*1-8-6-9-4-2-3-5-10(9)7-8;;;/h2*2-7H,1H3;2*1H3;/q4*-1;+4. The molecule has 116 valence electrons. The summed E-state index contributed by atoms with van der Waals surface area (Å²) in [6, 6.07) is 25.7. The van der Waals surface area contributed by atoms with Crippen molar-refractivity contribution in [3.05, 3.63) is 98.8 Å².